The molecule has 0 fully saturated rings. The van der Waals surface area contributed by atoms with Gasteiger partial charge < -0.3 is 17.0 Å². The molecule has 0 aliphatic carbocycles. The quantitative estimate of drug-likeness (QED) is 0.441. The first-order valence-electron chi connectivity index (χ1n) is 8.78. The van der Waals surface area contributed by atoms with E-state index in [2.05, 4.69) is 107 Å². The lowest BCUT2D eigenvalue weighted by Gasteiger charge is -2.05. The van der Waals surface area contributed by atoms with Gasteiger partial charge in [-0.25, -0.2) is 9.13 Å². The minimum Gasteiger partial charge on any atom is -1.00 e. The van der Waals surface area contributed by atoms with Gasteiger partial charge in [0.2, 0.25) is 6.33 Å². The van der Waals surface area contributed by atoms with Gasteiger partial charge in [0.1, 0.15) is 6.54 Å². The first-order valence-corrected chi connectivity index (χ1v) is 8.78. The van der Waals surface area contributed by atoms with Gasteiger partial charge in [-0.1, -0.05) is 97.6 Å². The maximum absolute atomic E-state index is 4.02. The van der Waals surface area contributed by atoms with Crippen LogP contribution in [0.3, 0.4) is 0 Å². The van der Waals surface area contributed by atoms with Gasteiger partial charge in [0, 0.05) is 11.1 Å². The number of benzene rings is 3. The fraction of sp³-hybridized carbons (Fsp3) is 0.0417. The van der Waals surface area contributed by atoms with E-state index >= 15 is 0 Å². The van der Waals surface area contributed by atoms with Gasteiger partial charge in [-0.2, -0.15) is 0 Å². The summed E-state index contributed by atoms with van der Waals surface area (Å²) in [6.45, 7) is 4.83. The molecule has 0 atom stereocenters. The average molecular weight is 417 g/mol. The highest BCUT2D eigenvalue weighted by Crippen LogP contribution is 2.30. The minimum absolute atomic E-state index is 0. The molecule has 4 rings (SSSR count). The van der Waals surface area contributed by atoms with E-state index in [4.69, 9.17) is 0 Å². The Morgan fingerprint density at radius 2 is 1.26 bits per heavy atom. The van der Waals surface area contributed by atoms with Crippen molar-refractivity contribution in [3.63, 3.8) is 0 Å². The van der Waals surface area contributed by atoms with Gasteiger partial charge in [0.25, 0.3) is 0 Å². The third-order valence-corrected chi connectivity index (χ3v) is 4.52. The number of hydrogen-bond acceptors (Lipinski definition) is 0. The van der Waals surface area contributed by atoms with Gasteiger partial charge in [-0.15, -0.1) is 0 Å². The van der Waals surface area contributed by atoms with Gasteiger partial charge in [-0.3, -0.25) is 0 Å². The summed E-state index contributed by atoms with van der Waals surface area (Å²) in [6, 6.07) is 31.6. The van der Waals surface area contributed by atoms with E-state index < -0.39 is 0 Å². The first kappa shape index (κ1) is 18.9. The summed E-state index contributed by atoms with van der Waals surface area (Å²) in [7, 11) is 0. The fourth-order valence-electron chi connectivity index (χ4n) is 3.34. The SMILES string of the molecule is C=Cn1c[n+](Cc2ccccc2)c(-c2ccccc2)c1-c1ccccc1.[Br-]. The van der Waals surface area contributed by atoms with Crippen LogP contribution >= 0.6 is 0 Å². The third-order valence-electron chi connectivity index (χ3n) is 4.52. The zero-order valence-electron chi connectivity index (χ0n) is 15.0. The van der Waals surface area contributed by atoms with Crippen LogP contribution in [0.5, 0.6) is 0 Å². The molecule has 134 valence electrons. The molecule has 1 aromatic heterocycles. The highest BCUT2D eigenvalue weighted by atomic mass is 79.9. The summed E-state index contributed by atoms with van der Waals surface area (Å²) in [5.74, 6) is 0. The molecule has 0 unspecified atom stereocenters. The molecule has 2 nitrogen and oxygen atoms in total. The maximum Gasteiger partial charge on any atom is 0.249 e. The summed E-state index contributed by atoms with van der Waals surface area (Å²) in [5.41, 5.74) is 6.00. The van der Waals surface area contributed by atoms with Crippen molar-refractivity contribution in [3.05, 3.63) is 109 Å². The predicted octanol–water partition coefficient (Wildman–Crippen LogP) is 2.26. The summed E-state index contributed by atoms with van der Waals surface area (Å²) in [4.78, 5) is 0. The molecule has 0 aliphatic heterocycles. The van der Waals surface area contributed by atoms with E-state index in [9.17, 15) is 0 Å². The van der Waals surface area contributed by atoms with Crippen molar-refractivity contribution in [2.75, 3.05) is 0 Å². The summed E-state index contributed by atoms with van der Waals surface area (Å²) in [6.07, 6.45) is 4.00. The average Bonchev–Trinajstić information content (AvgIpc) is 3.08. The fourth-order valence-corrected chi connectivity index (χ4v) is 3.34. The van der Waals surface area contributed by atoms with Crippen LogP contribution < -0.4 is 21.5 Å². The molecule has 1 heterocycles. The van der Waals surface area contributed by atoms with Gasteiger partial charge in [-0.05, 0) is 5.56 Å². The summed E-state index contributed by atoms with van der Waals surface area (Å²) in [5, 5.41) is 0. The molecular formula is C24H21BrN2. The Balaban J connectivity index is 0.00000210. The molecule has 0 saturated carbocycles. The Kier molecular flexibility index (Phi) is 6.05. The van der Waals surface area contributed by atoms with Crippen LogP contribution in [0.2, 0.25) is 0 Å². The van der Waals surface area contributed by atoms with Crippen LogP contribution in [0.1, 0.15) is 5.56 Å². The Labute approximate surface area is 170 Å². The zero-order valence-corrected chi connectivity index (χ0v) is 16.6. The summed E-state index contributed by atoms with van der Waals surface area (Å²) >= 11 is 0. The van der Waals surface area contributed by atoms with E-state index in [1.165, 1.54) is 22.4 Å². The van der Waals surface area contributed by atoms with Crippen LogP contribution in [0.4, 0.5) is 0 Å². The second-order valence-electron chi connectivity index (χ2n) is 6.25. The molecular weight excluding hydrogens is 396 g/mol. The maximum atomic E-state index is 4.02. The molecule has 0 bridgehead atoms. The van der Waals surface area contributed by atoms with E-state index in [0.717, 1.165) is 12.2 Å². The van der Waals surface area contributed by atoms with Gasteiger partial charge in [0.05, 0.1) is 6.20 Å². The van der Waals surface area contributed by atoms with Crippen LogP contribution in [0, 0.1) is 0 Å². The third kappa shape index (κ3) is 3.93. The Morgan fingerprint density at radius 1 is 0.741 bits per heavy atom. The number of rotatable bonds is 5. The van der Waals surface area contributed by atoms with Crippen LogP contribution in [-0.2, 0) is 6.54 Å². The molecule has 0 saturated heterocycles. The molecule has 27 heavy (non-hydrogen) atoms. The Bertz CT molecular complexity index is 1010. The van der Waals surface area contributed by atoms with Crippen molar-refractivity contribution in [1.29, 1.82) is 0 Å². The smallest absolute Gasteiger partial charge is 0.249 e. The Morgan fingerprint density at radius 3 is 1.81 bits per heavy atom. The highest BCUT2D eigenvalue weighted by molar-refractivity contribution is 5.77. The van der Waals surface area contributed by atoms with E-state index in [0.29, 0.717) is 0 Å². The van der Waals surface area contributed by atoms with Crippen LogP contribution in [0.25, 0.3) is 28.7 Å². The van der Waals surface area contributed by atoms with E-state index in [1.807, 2.05) is 12.3 Å². The van der Waals surface area contributed by atoms with Gasteiger partial charge in [0.15, 0.2) is 11.4 Å². The molecule has 4 aromatic rings. The van der Waals surface area contributed by atoms with Gasteiger partial charge >= 0.3 is 0 Å². The van der Waals surface area contributed by atoms with Crippen molar-refractivity contribution < 1.29 is 21.5 Å². The number of halogens is 1. The van der Waals surface area contributed by atoms with Crippen LogP contribution in [-0.4, -0.2) is 4.57 Å². The lowest BCUT2D eigenvalue weighted by Crippen LogP contribution is -3.00. The normalized spacial score (nSPS) is 10.2. The highest BCUT2D eigenvalue weighted by Gasteiger charge is 2.25. The second-order valence-corrected chi connectivity index (χ2v) is 6.25. The lowest BCUT2D eigenvalue weighted by molar-refractivity contribution is -0.676. The van der Waals surface area contributed by atoms with Crippen molar-refractivity contribution in [2.24, 2.45) is 0 Å². The molecule has 0 spiro atoms. The number of aromatic nitrogens is 2. The van der Waals surface area contributed by atoms with Crippen LogP contribution in [0.15, 0.2) is 104 Å². The number of hydrogen-bond donors (Lipinski definition) is 0. The predicted molar refractivity (Wildman–Crippen MR) is 107 cm³/mol. The molecule has 0 N–H and O–H groups in total. The summed E-state index contributed by atoms with van der Waals surface area (Å²) < 4.78 is 4.41. The topological polar surface area (TPSA) is 8.81 Å². The Hall–Kier alpha value is -2.91. The first-order chi connectivity index (χ1) is 12.9. The second kappa shape index (κ2) is 8.65. The van der Waals surface area contributed by atoms with E-state index in [-0.39, 0.29) is 17.0 Å². The molecule has 3 heteroatoms. The van der Waals surface area contributed by atoms with Crippen molar-refractivity contribution in [2.45, 2.75) is 6.54 Å². The zero-order chi connectivity index (χ0) is 17.8. The minimum atomic E-state index is 0. The van der Waals surface area contributed by atoms with Crippen molar-refractivity contribution >= 4 is 6.20 Å². The largest absolute Gasteiger partial charge is 1.00 e. The number of imidazole rings is 1. The van der Waals surface area contributed by atoms with Crippen molar-refractivity contribution in [3.8, 4) is 22.5 Å². The monoisotopic (exact) mass is 416 g/mol. The molecule has 3 aromatic carbocycles. The number of nitrogens with zero attached hydrogens (tertiary/aromatic N) is 2. The van der Waals surface area contributed by atoms with Crippen molar-refractivity contribution in [1.82, 2.24) is 4.57 Å². The molecule has 0 aliphatic rings. The lowest BCUT2D eigenvalue weighted by atomic mass is 10.0. The molecule has 0 amide bonds. The molecule has 0 radical (unpaired) electrons. The van der Waals surface area contributed by atoms with E-state index in [1.54, 1.807) is 0 Å². The standard InChI is InChI=1S/C24H21N2.BrH/c1-2-25-19-26(18-20-12-6-3-7-13-20)24(22-16-10-5-11-17-22)23(25)21-14-8-4-9-15-21;/h2-17,19H,1,18H2;1H/q+1;/p-1.